The lowest BCUT2D eigenvalue weighted by atomic mass is 10.1. The Morgan fingerprint density at radius 1 is 1.12 bits per heavy atom. The van der Waals surface area contributed by atoms with Crippen LogP contribution in [0.1, 0.15) is 16.1 Å². The molecule has 0 bridgehead atoms. The van der Waals surface area contributed by atoms with Crippen molar-refractivity contribution in [2.75, 3.05) is 6.61 Å². The van der Waals surface area contributed by atoms with Crippen molar-refractivity contribution < 1.29 is 9.53 Å². The quantitative estimate of drug-likeness (QED) is 0.466. The number of aryl methyl sites for hydroxylation is 1. The van der Waals surface area contributed by atoms with Crippen molar-refractivity contribution in [1.82, 2.24) is 9.97 Å². The average Bonchev–Trinajstić information content (AvgIpc) is 3.05. The first kappa shape index (κ1) is 16.9. The number of hydrogen-bond acceptors (Lipinski definition) is 3. The third-order valence-corrected chi connectivity index (χ3v) is 4.81. The van der Waals surface area contributed by atoms with Gasteiger partial charge in [-0.3, -0.25) is 4.79 Å². The van der Waals surface area contributed by atoms with Gasteiger partial charge in [0.15, 0.2) is 12.4 Å². The van der Waals surface area contributed by atoms with Gasteiger partial charge in [-0.25, -0.2) is 4.98 Å². The summed E-state index contributed by atoms with van der Waals surface area (Å²) in [5.74, 6) is 0.220. The summed E-state index contributed by atoms with van der Waals surface area (Å²) in [5, 5.41) is 2.42. The Bertz CT molecular complexity index is 1150. The molecule has 130 valence electrons. The monoisotopic (exact) mass is 384 g/mol. The molecule has 26 heavy (non-hydrogen) atoms. The van der Waals surface area contributed by atoms with Crippen molar-refractivity contribution >= 4 is 50.8 Å². The number of ether oxygens (including phenoxy) is 1. The minimum atomic E-state index is -0.145. The molecule has 0 aliphatic rings. The van der Waals surface area contributed by atoms with Crippen LogP contribution in [0.4, 0.5) is 0 Å². The molecule has 0 aliphatic heterocycles. The molecule has 1 N–H and O–H groups in total. The first-order valence-corrected chi connectivity index (χ1v) is 8.77. The van der Waals surface area contributed by atoms with Crippen LogP contribution >= 0.6 is 23.2 Å². The van der Waals surface area contributed by atoms with Crippen LogP contribution in [0.2, 0.25) is 10.0 Å². The Hall–Kier alpha value is -2.56. The van der Waals surface area contributed by atoms with E-state index in [4.69, 9.17) is 27.9 Å². The number of benzene rings is 2. The number of rotatable bonds is 4. The lowest BCUT2D eigenvalue weighted by molar-refractivity contribution is 0.0924. The molecule has 6 heteroatoms. The molecular formula is C20H14Cl2N2O2. The lowest BCUT2D eigenvalue weighted by Gasteiger charge is -2.12. The molecule has 4 nitrogen and oxygen atoms in total. The molecule has 0 unspecified atom stereocenters. The number of hydrogen-bond donors (Lipinski definition) is 1. The zero-order valence-corrected chi connectivity index (χ0v) is 15.4. The van der Waals surface area contributed by atoms with Crippen LogP contribution in [0, 0.1) is 6.92 Å². The van der Waals surface area contributed by atoms with Gasteiger partial charge >= 0.3 is 0 Å². The summed E-state index contributed by atoms with van der Waals surface area (Å²) in [7, 11) is 0. The van der Waals surface area contributed by atoms with Gasteiger partial charge < -0.3 is 9.72 Å². The van der Waals surface area contributed by atoms with E-state index in [0.717, 1.165) is 22.0 Å². The van der Waals surface area contributed by atoms with Crippen LogP contribution in [-0.2, 0) is 0 Å². The second kappa shape index (κ2) is 6.63. The van der Waals surface area contributed by atoms with Gasteiger partial charge in [0.2, 0.25) is 5.78 Å². The Morgan fingerprint density at radius 3 is 2.77 bits per heavy atom. The summed E-state index contributed by atoms with van der Waals surface area (Å²) < 4.78 is 5.78. The van der Waals surface area contributed by atoms with E-state index in [2.05, 4.69) is 9.97 Å². The maximum Gasteiger partial charge on any atom is 0.202 e. The molecule has 0 radical (unpaired) electrons. The summed E-state index contributed by atoms with van der Waals surface area (Å²) in [6.07, 6.45) is 1.69. The summed E-state index contributed by atoms with van der Waals surface area (Å²) in [6.45, 7) is 1.73. The third-order valence-electron chi connectivity index (χ3n) is 4.21. The predicted octanol–water partition coefficient (Wildman–Crippen LogP) is 5.59. The fraction of sp³-hybridized carbons (Fsp3) is 0.100. The second-order valence-electron chi connectivity index (χ2n) is 5.98. The minimum absolute atomic E-state index is 0.144. The van der Waals surface area contributed by atoms with Gasteiger partial charge in [-0.05, 0) is 31.2 Å². The van der Waals surface area contributed by atoms with E-state index < -0.39 is 0 Å². The van der Waals surface area contributed by atoms with Gasteiger partial charge in [0.05, 0.1) is 10.0 Å². The number of carbonyl (C=O) groups excluding carboxylic acids is 1. The van der Waals surface area contributed by atoms with Crippen LogP contribution < -0.4 is 4.74 Å². The number of ketones is 1. The molecule has 2 heterocycles. The number of aromatic amines is 1. The summed E-state index contributed by atoms with van der Waals surface area (Å²) >= 11 is 12.5. The Morgan fingerprint density at radius 2 is 1.92 bits per heavy atom. The maximum atomic E-state index is 12.6. The maximum absolute atomic E-state index is 12.6. The highest BCUT2D eigenvalue weighted by Gasteiger charge is 2.17. The smallest absolute Gasteiger partial charge is 0.202 e. The molecule has 0 amide bonds. The van der Waals surface area contributed by atoms with Crippen molar-refractivity contribution in [2.24, 2.45) is 0 Å². The summed E-state index contributed by atoms with van der Waals surface area (Å²) in [5.41, 5.74) is 2.85. The third kappa shape index (κ3) is 2.91. The van der Waals surface area contributed by atoms with Crippen LogP contribution in [-0.4, -0.2) is 22.4 Å². The van der Waals surface area contributed by atoms with Crippen molar-refractivity contribution in [3.8, 4) is 5.75 Å². The number of aromatic nitrogens is 2. The van der Waals surface area contributed by atoms with Crippen LogP contribution in [0.25, 0.3) is 21.8 Å². The highest BCUT2D eigenvalue weighted by molar-refractivity contribution is 6.39. The number of Topliss-reactive ketones (excluding diaryl/α,β-unsaturated/α-hetero) is 1. The normalized spacial score (nSPS) is 11.2. The first-order valence-electron chi connectivity index (χ1n) is 8.02. The van der Waals surface area contributed by atoms with E-state index >= 15 is 0 Å². The van der Waals surface area contributed by atoms with Gasteiger partial charge in [-0.15, -0.1) is 0 Å². The molecule has 0 saturated carbocycles. The number of carbonyl (C=O) groups is 1. The highest BCUT2D eigenvalue weighted by atomic mass is 35.5. The summed E-state index contributed by atoms with van der Waals surface area (Å²) in [6, 6.07) is 13.0. The topological polar surface area (TPSA) is 55.0 Å². The van der Waals surface area contributed by atoms with E-state index in [1.54, 1.807) is 12.3 Å². The Balaban J connectivity index is 1.68. The first-order chi connectivity index (χ1) is 12.5. The number of halogens is 2. The number of para-hydroxylation sites is 1. The van der Waals surface area contributed by atoms with E-state index in [0.29, 0.717) is 26.9 Å². The molecule has 0 saturated heterocycles. The molecule has 2 aromatic carbocycles. The van der Waals surface area contributed by atoms with E-state index in [-0.39, 0.29) is 12.4 Å². The SMILES string of the molecule is Cc1ccc2c(Cl)cc(Cl)c(OCC(=O)c3c[nH]c4ccccc34)c2n1. The van der Waals surface area contributed by atoms with Gasteiger partial charge in [0.1, 0.15) is 5.52 Å². The molecule has 0 aliphatic carbocycles. The van der Waals surface area contributed by atoms with Crippen molar-refractivity contribution in [2.45, 2.75) is 6.92 Å². The van der Waals surface area contributed by atoms with Crippen molar-refractivity contribution in [3.63, 3.8) is 0 Å². The minimum Gasteiger partial charge on any atom is -0.482 e. The molecule has 4 rings (SSSR count). The number of nitrogens with zero attached hydrogens (tertiary/aromatic N) is 1. The standard InChI is InChI=1S/C20H14Cl2N2O2/c1-11-6-7-13-15(21)8-16(22)20(19(13)24-11)26-10-18(25)14-9-23-17-5-3-2-4-12(14)17/h2-9,23H,10H2,1H3. The Labute approximate surface area is 159 Å². The fourth-order valence-electron chi connectivity index (χ4n) is 2.95. The number of fused-ring (bicyclic) bond motifs is 2. The van der Waals surface area contributed by atoms with Crippen molar-refractivity contribution in [3.05, 3.63) is 70.0 Å². The van der Waals surface area contributed by atoms with Gasteiger partial charge in [0.25, 0.3) is 0 Å². The Kier molecular flexibility index (Phi) is 4.31. The van der Waals surface area contributed by atoms with Gasteiger partial charge in [-0.1, -0.05) is 41.4 Å². The molecule has 0 spiro atoms. The zero-order chi connectivity index (χ0) is 18.3. The van der Waals surface area contributed by atoms with Crippen molar-refractivity contribution in [1.29, 1.82) is 0 Å². The molecule has 2 aromatic heterocycles. The predicted molar refractivity (Wildman–Crippen MR) is 105 cm³/mol. The molecule has 0 fully saturated rings. The summed E-state index contributed by atoms with van der Waals surface area (Å²) in [4.78, 5) is 20.2. The number of nitrogens with one attached hydrogen (secondary N) is 1. The largest absolute Gasteiger partial charge is 0.482 e. The molecule has 0 atom stereocenters. The highest BCUT2D eigenvalue weighted by Crippen LogP contribution is 2.37. The number of H-pyrrole nitrogens is 1. The van der Waals surface area contributed by atoms with Crippen LogP contribution in [0.5, 0.6) is 5.75 Å². The zero-order valence-electron chi connectivity index (χ0n) is 13.8. The molecular weight excluding hydrogens is 371 g/mol. The van der Waals surface area contributed by atoms with E-state index in [9.17, 15) is 4.79 Å². The van der Waals surface area contributed by atoms with Crippen LogP contribution in [0.3, 0.4) is 0 Å². The van der Waals surface area contributed by atoms with E-state index in [1.165, 1.54) is 0 Å². The second-order valence-corrected chi connectivity index (χ2v) is 6.79. The average molecular weight is 385 g/mol. The van der Waals surface area contributed by atoms with Gasteiger partial charge in [0, 0.05) is 33.7 Å². The molecule has 4 aromatic rings. The fourth-order valence-corrected chi connectivity index (χ4v) is 3.52. The van der Waals surface area contributed by atoms with Gasteiger partial charge in [-0.2, -0.15) is 0 Å². The van der Waals surface area contributed by atoms with Crippen LogP contribution in [0.15, 0.2) is 48.7 Å². The van der Waals surface area contributed by atoms with E-state index in [1.807, 2.05) is 43.3 Å². The number of pyridine rings is 1. The lowest BCUT2D eigenvalue weighted by Crippen LogP contribution is -2.12.